The van der Waals surface area contributed by atoms with E-state index in [9.17, 15) is 0 Å². The van der Waals surface area contributed by atoms with E-state index in [-0.39, 0.29) is 6.17 Å². The molecule has 45 heavy (non-hydrogen) atoms. The summed E-state index contributed by atoms with van der Waals surface area (Å²) in [6, 6.07) is 49.2. The van der Waals surface area contributed by atoms with Crippen LogP contribution in [-0.2, 0) is 0 Å². The van der Waals surface area contributed by atoms with Crippen LogP contribution in [0.4, 0.5) is 5.00 Å². The second-order valence-electron chi connectivity index (χ2n) is 11.5. The maximum absolute atomic E-state index is 7.04. The number of hydrogen-bond donors (Lipinski definition) is 1. The van der Waals surface area contributed by atoms with Crippen LogP contribution >= 0.6 is 11.3 Å². The number of anilines is 1. The lowest BCUT2D eigenvalue weighted by Crippen LogP contribution is -2.19. The van der Waals surface area contributed by atoms with Gasteiger partial charge in [0.1, 0.15) is 22.3 Å². The van der Waals surface area contributed by atoms with Crippen molar-refractivity contribution in [3.05, 3.63) is 156 Å². The van der Waals surface area contributed by atoms with Crippen molar-refractivity contribution in [2.75, 3.05) is 5.32 Å². The van der Waals surface area contributed by atoms with Crippen molar-refractivity contribution < 1.29 is 4.42 Å². The molecule has 0 bridgehead atoms. The molecule has 9 aromatic rings. The largest absolute Gasteiger partial charge is 0.455 e. The van der Waals surface area contributed by atoms with Crippen molar-refractivity contribution >= 4 is 75.9 Å². The highest BCUT2D eigenvalue weighted by Crippen LogP contribution is 2.45. The summed E-state index contributed by atoms with van der Waals surface area (Å²) < 4.78 is 10.6. The molecule has 1 N–H and O–H groups in total. The van der Waals surface area contributed by atoms with Crippen molar-refractivity contribution in [3.8, 4) is 5.69 Å². The van der Waals surface area contributed by atoms with Crippen LogP contribution in [0.15, 0.2) is 149 Å². The number of aliphatic imine (C=N–C) groups is 1. The van der Waals surface area contributed by atoms with Gasteiger partial charge in [-0.05, 0) is 48.0 Å². The van der Waals surface area contributed by atoms with Gasteiger partial charge in [-0.25, -0.2) is 0 Å². The van der Waals surface area contributed by atoms with E-state index in [2.05, 4.69) is 143 Å². The predicted octanol–water partition coefficient (Wildman–Crippen LogP) is 10.9. The molecular formula is C40H25N3OS. The average Bonchev–Trinajstić information content (AvgIpc) is 3.78. The monoisotopic (exact) mass is 595 g/mol. The molecule has 4 nitrogen and oxygen atoms in total. The van der Waals surface area contributed by atoms with Crippen LogP contribution in [0.2, 0.25) is 0 Å². The number of rotatable bonds is 3. The number of para-hydroxylation sites is 3. The maximum Gasteiger partial charge on any atom is 0.146 e. The van der Waals surface area contributed by atoms with E-state index in [0.717, 1.165) is 71.4 Å². The van der Waals surface area contributed by atoms with E-state index in [1.165, 1.54) is 15.5 Å². The standard InChI is InChI=1S/C40H25N3OS/c1-3-12-24(13-4-1)39-41-36(35-29-17-8-10-21-33(29)45-40(35)42-39)30-19-11-18-26-27-22-23-32-34(38(27)44-37(26)30)28-16-7-9-20-31(28)43(32)25-14-5-2-6-15-25/h1-23,39,42H. The number of thiophene rings is 1. The number of aromatic nitrogens is 1. The molecule has 1 unspecified atom stereocenters. The molecule has 0 radical (unpaired) electrons. The number of furan rings is 1. The zero-order valence-electron chi connectivity index (χ0n) is 24.1. The van der Waals surface area contributed by atoms with Gasteiger partial charge < -0.3 is 14.3 Å². The first-order valence-electron chi connectivity index (χ1n) is 15.2. The molecule has 0 saturated heterocycles. The van der Waals surface area contributed by atoms with Crippen LogP contribution in [0.25, 0.3) is 59.5 Å². The summed E-state index contributed by atoms with van der Waals surface area (Å²) in [6.07, 6.45) is -0.197. The molecule has 0 aliphatic carbocycles. The van der Waals surface area contributed by atoms with Gasteiger partial charge in [0, 0.05) is 43.1 Å². The minimum Gasteiger partial charge on any atom is -0.455 e. The van der Waals surface area contributed by atoms with Crippen LogP contribution in [0.3, 0.4) is 0 Å². The highest BCUT2D eigenvalue weighted by atomic mass is 32.1. The molecule has 1 atom stereocenters. The normalized spacial score (nSPS) is 14.8. The summed E-state index contributed by atoms with van der Waals surface area (Å²) in [7, 11) is 0. The number of nitrogens with one attached hydrogen (secondary N) is 1. The predicted molar refractivity (Wildman–Crippen MR) is 188 cm³/mol. The van der Waals surface area contributed by atoms with Crippen molar-refractivity contribution in [2.45, 2.75) is 6.17 Å². The van der Waals surface area contributed by atoms with Crippen molar-refractivity contribution in [3.63, 3.8) is 0 Å². The lowest BCUT2D eigenvalue weighted by Gasteiger charge is -2.24. The summed E-state index contributed by atoms with van der Waals surface area (Å²) in [4.78, 5) is 5.41. The van der Waals surface area contributed by atoms with Gasteiger partial charge in [-0.1, -0.05) is 97.1 Å². The van der Waals surface area contributed by atoms with Gasteiger partial charge in [-0.15, -0.1) is 11.3 Å². The number of nitrogens with zero attached hydrogens (tertiary/aromatic N) is 2. The Morgan fingerprint density at radius 1 is 0.600 bits per heavy atom. The quantitative estimate of drug-likeness (QED) is 0.221. The number of benzene rings is 6. The van der Waals surface area contributed by atoms with E-state index in [1.54, 1.807) is 11.3 Å². The molecule has 1 aliphatic rings. The Labute approximate surface area is 262 Å². The molecular weight excluding hydrogens is 571 g/mol. The van der Waals surface area contributed by atoms with Crippen LogP contribution in [0.5, 0.6) is 0 Å². The molecule has 0 spiro atoms. The molecule has 10 rings (SSSR count). The lowest BCUT2D eigenvalue weighted by molar-refractivity contribution is 0.672. The van der Waals surface area contributed by atoms with Crippen molar-refractivity contribution in [1.82, 2.24) is 4.57 Å². The van der Waals surface area contributed by atoms with E-state index < -0.39 is 0 Å². The van der Waals surface area contributed by atoms with E-state index >= 15 is 0 Å². The third-order valence-electron chi connectivity index (χ3n) is 9.04. The highest BCUT2D eigenvalue weighted by molar-refractivity contribution is 7.23. The van der Waals surface area contributed by atoms with Crippen molar-refractivity contribution in [1.29, 1.82) is 0 Å². The van der Waals surface area contributed by atoms with Crippen LogP contribution in [0, 0.1) is 0 Å². The van der Waals surface area contributed by atoms with Gasteiger partial charge in [-0.3, -0.25) is 4.99 Å². The first kappa shape index (κ1) is 24.8. The van der Waals surface area contributed by atoms with E-state index in [4.69, 9.17) is 9.41 Å². The van der Waals surface area contributed by atoms with Gasteiger partial charge in [0.05, 0.1) is 22.1 Å². The Morgan fingerprint density at radius 3 is 2.18 bits per heavy atom. The maximum atomic E-state index is 7.04. The third-order valence-corrected chi connectivity index (χ3v) is 10.1. The van der Waals surface area contributed by atoms with Crippen LogP contribution in [-0.4, -0.2) is 10.3 Å². The second kappa shape index (κ2) is 9.42. The Morgan fingerprint density at radius 2 is 1.31 bits per heavy atom. The summed E-state index contributed by atoms with van der Waals surface area (Å²) in [5.74, 6) is 0. The molecule has 0 fully saturated rings. The molecule has 3 aromatic heterocycles. The van der Waals surface area contributed by atoms with Gasteiger partial charge in [-0.2, -0.15) is 0 Å². The molecule has 4 heterocycles. The molecule has 6 aromatic carbocycles. The fourth-order valence-electron chi connectivity index (χ4n) is 7.08. The Balaban J connectivity index is 1.28. The third kappa shape index (κ3) is 3.56. The first-order chi connectivity index (χ1) is 22.3. The molecule has 0 amide bonds. The molecule has 212 valence electrons. The van der Waals surface area contributed by atoms with E-state index in [0.29, 0.717) is 0 Å². The first-order valence-corrected chi connectivity index (χ1v) is 16.0. The Kier molecular flexibility index (Phi) is 5.18. The SMILES string of the molecule is c1ccc(C2N=C(c3cccc4c3oc3c4ccc4c3c3ccccc3n4-c3ccccc3)c3c(sc4ccccc34)N2)cc1. The van der Waals surface area contributed by atoms with Gasteiger partial charge in [0.15, 0.2) is 0 Å². The zero-order valence-corrected chi connectivity index (χ0v) is 24.9. The Hall–Kier alpha value is -5.65. The lowest BCUT2D eigenvalue weighted by atomic mass is 9.96. The smallest absolute Gasteiger partial charge is 0.146 e. The summed E-state index contributed by atoms with van der Waals surface area (Å²) >= 11 is 1.79. The van der Waals surface area contributed by atoms with Gasteiger partial charge >= 0.3 is 0 Å². The molecule has 5 heteroatoms. The average molecular weight is 596 g/mol. The number of fused-ring (bicyclic) bond motifs is 10. The molecule has 0 saturated carbocycles. The minimum absolute atomic E-state index is 0.197. The summed E-state index contributed by atoms with van der Waals surface area (Å²) in [5.41, 5.74) is 9.44. The summed E-state index contributed by atoms with van der Waals surface area (Å²) in [5, 5.41) is 10.6. The summed E-state index contributed by atoms with van der Waals surface area (Å²) in [6.45, 7) is 0. The van der Waals surface area contributed by atoms with Gasteiger partial charge in [0.25, 0.3) is 0 Å². The molecule has 1 aliphatic heterocycles. The van der Waals surface area contributed by atoms with Crippen molar-refractivity contribution in [2.24, 2.45) is 4.99 Å². The van der Waals surface area contributed by atoms with Crippen LogP contribution < -0.4 is 5.32 Å². The van der Waals surface area contributed by atoms with Crippen LogP contribution in [0.1, 0.15) is 22.9 Å². The Bertz CT molecular complexity index is 2630. The minimum atomic E-state index is -0.197. The second-order valence-corrected chi connectivity index (χ2v) is 12.6. The number of hydrogen-bond acceptors (Lipinski definition) is 4. The highest BCUT2D eigenvalue weighted by Gasteiger charge is 2.29. The van der Waals surface area contributed by atoms with Gasteiger partial charge in [0.2, 0.25) is 0 Å². The zero-order chi connectivity index (χ0) is 29.5. The fourth-order valence-corrected chi connectivity index (χ4v) is 8.21. The fraction of sp³-hybridized carbons (Fsp3) is 0.0250. The van der Waals surface area contributed by atoms with E-state index in [1.807, 2.05) is 6.07 Å². The topological polar surface area (TPSA) is 42.5 Å².